The van der Waals surface area contributed by atoms with Crippen molar-refractivity contribution in [1.29, 1.82) is 0 Å². The summed E-state index contributed by atoms with van der Waals surface area (Å²) in [5, 5.41) is 5.36. The fourth-order valence-corrected chi connectivity index (χ4v) is 6.63. The number of halogens is 2. The van der Waals surface area contributed by atoms with Gasteiger partial charge in [0.15, 0.2) is 5.65 Å². The summed E-state index contributed by atoms with van der Waals surface area (Å²) in [4.78, 5) is 44.3. The van der Waals surface area contributed by atoms with Crippen LogP contribution in [0.2, 0.25) is 0 Å². The number of piperidine rings is 1. The minimum absolute atomic E-state index is 0.0603. The lowest BCUT2D eigenvalue weighted by atomic mass is 9.97. The molecule has 0 saturated carbocycles. The van der Waals surface area contributed by atoms with Crippen molar-refractivity contribution in [2.75, 3.05) is 18.0 Å². The molecule has 4 heterocycles. The molecule has 282 valence electrons. The average molecular weight is 746 g/mol. The lowest BCUT2D eigenvalue weighted by molar-refractivity contribution is 0.0177. The smallest absolute Gasteiger partial charge is 0.425 e. The zero-order valence-corrected chi connectivity index (χ0v) is 31.1. The Hall–Kier alpha value is -6.24. The Morgan fingerprint density at radius 2 is 1.51 bits per heavy atom. The van der Waals surface area contributed by atoms with Crippen molar-refractivity contribution in [2.24, 2.45) is 5.92 Å². The molecule has 55 heavy (non-hydrogen) atoms. The quantitative estimate of drug-likeness (QED) is 0.152. The van der Waals surface area contributed by atoms with Crippen LogP contribution in [-0.2, 0) is 17.7 Å². The van der Waals surface area contributed by atoms with Crippen molar-refractivity contribution in [3.8, 4) is 17.1 Å². The van der Waals surface area contributed by atoms with Crippen LogP contribution in [0.3, 0.4) is 0 Å². The summed E-state index contributed by atoms with van der Waals surface area (Å²) in [5.74, 6) is -0.771. The number of benzene rings is 3. The highest BCUT2D eigenvalue weighted by atomic mass is 19.1. The van der Waals surface area contributed by atoms with E-state index in [9.17, 15) is 18.4 Å². The Morgan fingerprint density at radius 3 is 2.09 bits per heavy atom. The molecule has 0 spiro atoms. The second-order valence-electron chi connectivity index (χ2n) is 14.6. The molecule has 1 aliphatic heterocycles. The third-order valence-electron chi connectivity index (χ3n) is 9.22. The second-order valence-corrected chi connectivity index (χ2v) is 14.6. The minimum Gasteiger partial charge on any atom is -0.444 e. The molecular weight excluding hydrogens is 705 g/mol. The summed E-state index contributed by atoms with van der Waals surface area (Å²) < 4.78 is 41.4. The molecule has 7 rings (SSSR count). The van der Waals surface area contributed by atoms with Crippen molar-refractivity contribution in [1.82, 2.24) is 29.6 Å². The molecule has 0 radical (unpaired) electrons. The maximum atomic E-state index is 14.2. The van der Waals surface area contributed by atoms with Gasteiger partial charge in [-0.05, 0) is 94.5 Å². The first-order chi connectivity index (χ1) is 26.4. The van der Waals surface area contributed by atoms with Gasteiger partial charge in [-0.1, -0.05) is 42.5 Å². The maximum Gasteiger partial charge on any atom is 0.425 e. The Kier molecular flexibility index (Phi) is 10.5. The van der Waals surface area contributed by atoms with Gasteiger partial charge in [-0.15, -0.1) is 0 Å². The van der Waals surface area contributed by atoms with Gasteiger partial charge in [0.25, 0.3) is 0 Å². The Balaban J connectivity index is 1.21. The number of nitrogens with zero attached hydrogens (tertiary/aromatic N) is 7. The molecule has 13 heteroatoms. The molecule has 11 nitrogen and oxygen atoms in total. The van der Waals surface area contributed by atoms with E-state index < -0.39 is 23.3 Å². The molecule has 6 aromatic rings. The lowest BCUT2D eigenvalue weighted by Crippen LogP contribution is -2.42. The van der Waals surface area contributed by atoms with Crippen molar-refractivity contribution in [3.63, 3.8) is 0 Å². The van der Waals surface area contributed by atoms with Crippen molar-refractivity contribution in [3.05, 3.63) is 126 Å². The van der Waals surface area contributed by atoms with Gasteiger partial charge in [0, 0.05) is 43.9 Å². The minimum atomic E-state index is -0.691. The number of rotatable bonds is 8. The number of likely N-dealkylation sites (tertiary alicyclic amines) is 1. The van der Waals surface area contributed by atoms with E-state index in [0.717, 1.165) is 24.5 Å². The van der Waals surface area contributed by atoms with Gasteiger partial charge in [0.1, 0.15) is 28.4 Å². The molecular formula is C42H41F2N7O4. The summed E-state index contributed by atoms with van der Waals surface area (Å²) >= 11 is 0. The van der Waals surface area contributed by atoms with E-state index in [2.05, 4.69) is 4.98 Å². The molecule has 3 aromatic carbocycles. The van der Waals surface area contributed by atoms with Crippen molar-refractivity contribution < 1.29 is 27.8 Å². The number of hydrogen-bond acceptors (Lipinski definition) is 8. The number of carbonyl (C=O) groups is 2. The monoisotopic (exact) mass is 745 g/mol. The number of para-hydroxylation sites is 2. The van der Waals surface area contributed by atoms with Gasteiger partial charge in [-0.25, -0.2) is 32.9 Å². The van der Waals surface area contributed by atoms with Crippen LogP contribution in [0.25, 0.3) is 22.3 Å². The molecule has 1 aliphatic rings. The number of aromatic nitrogens is 5. The van der Waals surface area contributed by atoms with Crippen LogP contribution >= 0.6 is 0 Å². The highest BCUT2D eigenvalue weighted by molar-refractivity contribution is 5.98. The molecule has 0 N–H and O–H groups in total. The molecule has 0 unspecified atom stereocenters. The molecule has 2 amide bonds. The summed E-state index contributed by atoms with van der Waals surface area (Å²) in [6.07, 6.45) is 2.32. The first-order valence-corrected chi connectivity index (χ1v) is 18.2. The molecule has 0 bridgehead atoms. The van der Waals surface area contributed by atoms with E-state index in [-0.39, 0.29) is 24.3 Å². The Morgan fingerprint density at radius 1 is 0.873 bits per heavy atom. The molecule has 1 saturated heterocycles. The topological polar surface area (TPSA) is 116 Å². The summed E-state index contributed by atoms with van der Waals surface area (Å²) in [6, 6.07) is 25.1. The van der Waals surface area contributed by atoms with Crippen LogP contribution in [0.1, 0.15) is 50.7 Å². The molecule has 0 aliphatic carbocycles. The summed E-state index contributed by atoms with van der Waals surface area (Å²) in [6.45, 7) is 9.03. The van der Waals surface area contributed by atoms with E-state index >= 15 is 0 Å². The van der Waals surface area contributed by atoms with Crippen LogP contribution in [0.15, 0.2) is 97.2 Å². The van der Waals surface area contributed by atoms with E-state index in [1.807, 2.05) is 93.0 Å². The molecule has 3 aromatic heterocycles. The maximum absolute atomic E-state index is 14.2. The standard InChI is InChI=1S/C42H41F2N7O4/c1-27-37-38(50(48-27)26-28-17-19-49(20-18-28)40(52)55-42(2,3)4)46-36(21-29-15-16-35(45-25-29)30-22-31(43)24-32(44)23-30)47-39(37)54-41(53)51(33-11-7-5-8-12-33)34-13-9-6-10-14-34/h5-16,22-25,28H,17-21,26H2,1-4H3. The number of amides is 2. The molecule has 1 fully saturated rings. The van der Waals surface area contributed by atoms with Crippen LogP contribution in [0.4, 0.5) is 29.7 Å². The fraction of sp³-hybridized carbons (Fsp3) is 0.286. The summed E-state index contributed by atoms with van der Waals surface area (Å²) in [5.41, 5.74) is 3.19. The second kappa shape index (κ2) is 15.6. The van der Waals surface area contributed by atoms with Crippen LogP contribution < -0.4 is 9.64 Å². The summed E-state index contributed by atoms with van der Waals surface area (Å²) in [7, 11) is 0. The van der Waals surface area contributed by atoms with Gasteiger partial charge < -0.3 is 14.4 Å². The number of ether oxygens (including phenoxy) is 2. The average Bonchev–Trinajstić information content (AvgIpc) is 3.46. The van der Waals surface area contributed by atoms with Gasteiger partial charge in [-0.3, -0.25) is 4.98 Å². The predicted octanol–water partition coefficient (Wildman–Crippen LogP) is 9.05. The zero-order chi connectivity index (χ0) is 38.7. The largest absolute Gasteiger partial charge is 0.444 e. The number of fused-ring (bicyclic) bond motifs is 1. The van der Waals surface area contributed by atoms with E-state index in [1.165, 1.54) is 17.0 Å². The van der Waals surface area contributed by atoms with Crippen molar-refractivity contribution in [2.45, 2.75) is 59.1 Å². The van der Waals surface area contributed by atoms with Gasteiger partial charge in [-0.2, -0.15) is 10.1 Å². The number of aryl methyl sites for hydroxylation is 1. The Bertz CT molecular complexity index is 2250. The van der Waals surface area contributed by atoms with Gasteiger partial charge >= 0.3 is 12.2 Å². The third-order valence-corrected chi connectivity index (χ3v) is 9.22. The lowest BCUT2D eigenvalue weighted by Gasteiger charge is -2.33. The predicted molar refractivity (Wildman–Crippen MR) is 204 cm³/mol. The number of anilines is 2. The van der Waals surface area contributed by atoms with Gasteiger partial charge in [0.2, 0.25) is 5.88 Å². The third kappa shape index (κ3) is 8.77. The SMILES string of the molecule is Cc1nn(CC2CCN(C(=O)OC(C)(C)C)CC2)c2nc(Cc3ccc(-c4cc(F)cc(F)c4)nc3)nc(OC(=O)N(c3ccccc3)c3ccccc3)c12. The highest BCUT2D eigenvalue weighted by Crippen LogP contribution is 2.32. The first-order valence-electron chi connectivity index (χ1n) is 18.2. The van der Waals surface area contributed by atoms with Crippen molar-refractivity contribution >= 4 is 34.6 Å². The fourth-order valence-electron chi connectivity index (χ4n) is 6.63. The highest BCUT2D eigenvalue weighted by Gasteiger charge is 2.29. The van der Waals surface area contributed by atoms with E-state index in [0.29, 0.717) is 64.8 Å². The zero-order valence-electron chi connectivity index (χ0n) is 31.1. The normalized spacial score (nSPS) is 13.5. The van der Waals surface area contributed by atoms with E-state index in [1.54, 1.807) is 23.2 Å². The number of pyridine rings is 1. The number of carbonyl (C=O) groups excluding carboxylic acids is 2. The molecule has 0 atom stereocenters. The van der Waals surface area contributed by atoms with E-state index in [4.69, 9.17) is 24.5 Å². The number of hydrogen-bond donors (Lipinski definition) is 0. The van der Waals surface area contributed by atoms with Crippen LogP contribution in [-0.4, -0.2) is 60.5 Å². The van der Waals surface area contributed by atoms with Gasteiger partial charge in [0.05, 0.1) is 22.8 Å². The first kappa shape index (κ1) is 37.1. The van der Waals surface area contributed by atoms with Crippen LogP contribution in [0, 0.1) is 24.5 Å². The Labute approximate surface area is 317 Å². The van der Waals surface area contributed by atoms with Crippen LogP contribution in [0.5, 0.6) is 5.88 Å².